The number of aromatic nitrogens is 4. The van der Waals surface area contributed by atoms with Crippen molar-refractivity contribution in [2.24, 2.45) is 0 Å². The molecule has 0 amide bonds. The Labute approximate surface area is 133 Å². The molecule has 0 aliphatic carbocycles. The number of nitrogens with one attached hydrogen (secondary N) is 1. The van der Waals surface area contributed by atoms with Crippen LogP contribution in [0.2, 0.25) is 0 Å². The monoisotopic (exact) mass is 311 g/mol. The normalized spacial score (nSPS) is 17.1. The van der Waals surface area contributed by atoms with Gasteiger partial charge in [-0.05, 0) is 24.3 Å². The van der Waals surface area contributed by atoms with E-state index in [2.05, 4.69) is 20.6 Å². The molecule has 4 heterocycles. The summed E-state index contributed by atoms with van der Waals surface area (Å²) in [6.45, 7) is 2.64. The molecule has 0 spiro atoms. The van der Waals surface area contributed by atoms with Gasteiger partial charge in [0.2, 0.25) is 0 Å². The maximum absolute atomic E-state index is 5.93. The minimum atomic E-state index is 0.0736. The van der Waals surface area contributed by atoms with E-state index in [-0.39, 0.29) is 6.10 Å². The van der Waals surface area contributed by atoms with Gasteiger partial charge in [0, 0.05) is 24.5 Å². The SMILES string of the molecule is c1coc(CNCC2Cn3nnc(-c4ccncc4)c3CO2)c1. The van der Waals surface area contributed by atoms with Crippen molar-refractivity contribution in [3.05, 3.63) is 54.4 Å². The van der Waals surface area contributed by atoms with Gasteiger partial charge in [-0.25, -0.2) is 4.68 Å². The molecule has 3 aromatic rings. The number of hydrogen-bond donors (Lipinski definition) is 1. The van der Waals surface area contributed by atoms with Crippen molar-refractivity contribution < 1.29 is 9.15 Å². The fourth-order valence-electron chi connectivity index (χ4n) is 2.69. The lowest BCUT2D eigenvalue weighted by atomic mass is 10.1. The third-order valence-electron chi connectivity index (χ3n) is 3.88. The summed E-state index contributed by atoms with van der Waals surface area (Å²) in [7, 11) is 0. The first-order valence-corrected chi connectivity index (χ1v) is 7.57. The molecule has 1 aliphatic heterocycles. The van der Waals surface area contributed by atoms with Crippen LogP contribution in [0.5, 0.6) is 0 Å². The zero-order chi connectivity index (χ0) is 15.5. The van der Waals surface area contributed by atoms with Crippen LogP contribution in [-0.4, -0.2) is 32.6 Å². The van der Waals surface area contributed by atoms with E-state index in [1.54, 1.807) is 18.7 Å². The highest BCUT2D eigenvalue weighted by Gasteiger charge is 2.24. The molecule has 7 nitrogen and oxygen atoms in total. The average Bonchev–Trinajstić information content (AvgIpc) is 3.25. The Bertz CT molecular complexity index is 754. The maximum atomic E-state index is 5.93. The Morgan fingerprint density at radius 1 is 1.26 bits per heavy atom. The number of hydrogen-bond acceptors (Lipinski definition) is 6. The molecule has 23 heavy (non-hydrogen) atoms. The second kappa shape index (κ2) is 6.31. The topological polar surface area (TPSA) is 78.0 Å². The number of pyridine rings is 1. The number of furan rings is 1. The summed E-state index contributed by atoms with van der Waals surface area (Å²) in [6, 6.07) is 7.70. The highest BCUT2D eigenvalue weighted by atomic mass is 16.5. The van der Waals surface area contributed by atoms with E-state index >= 15 is 0 Å². The zero-order valence-corrected chi connectivity index (χ0v) is 12.6. The van der Waals surface area contributed by atoms with Gasteiger partial charge < -0.3 is 14.5 Å². The summed E-state index contributed by atoms with van der Waals surface area (Å²) in [5.74, 6) is 0.919. The molecule has 1 aliphatic rings. The van der Waals surface area contributed by atoms with Crippen molar-refractivity contribution in [3.8, 4) is 11.3 Å². The molecule has 0 saturated carbocycles. The van der Waals surface area contributed by atoms with Crippen LogP contribution in [0.25, 0.3) is 11.3 Å². The van der Waals surface area contributed by atoms with Crippen LogP contribution in [-0.2, 0) is 24.4 Å². The molecule has 1 unspecified atom stereocenters. The summed E-state index contributed by atoms with van der Waals surface area (Å²) < 4.78 is 13.2. The lowest BCUT2D eigenvalue weighted by molar-refractivity contribution is 0.00106. The number of rotatable bonds is 5. The summed E-state index contributed by atoms with van der Waals surface area (Å²) in [5.41, 5.74) is 2.90. The van der Waals surface area contributed by atoms with Crippen LogP contribution in [0, 0.1) is 0 Å². The van der Waals surface area contributed by atoms with Crippen molar-refractivity contribution in [1.29, 1.82) is 0 Å². The molecule has 1 atom stereocenters. The molecule has 7 heteroatoms. The van der Waals surface area contributed by atoms with Gasteiger partial charge in [0.25, 0.3) is 0 Å². The van der Waals surface area contributed by atoms with Crippen LogP contribution in [0.1, 0.15) is 11.5 Å². The third-order valence-corrected chi connectivity index (χ3v) is 3.88. The molecule has 1 N–H and O–H groups in total. The van der Waals surface area contributed by atoms with E-state index in [4.69, 9.17) is 9.15 Å². The van der Waals surface area contributed by atoms with Crippen LogP contribution in [0.15, 0.2) is 47.3 Å². The van der Waals surface area contributed by atoms with Crippen LogP contribution < -0.4 is 5.32 Å². The third kappa shape index (κ3) is 3.01. The summed E-state index contributed by atoms with van der Waals surface area (Å²) in [5, 5.41) is 11.9. The Morgan fingerprint density at radius 2 is 2.17 bits per heavy atom. The van der Waals surface area contributed by atoms with Gasteiger partial charge in [-0.3, -0.25) is 4.98 Å². The predicted molar refractivity (Wildman–Crippen MR) is 82.2 cm³/mol. The van der Waals surface area contributed by atoms with Crippen molar-refractivity contribution in [3.63, 3.8) is 0 Å². The average molecular weight is 311 g/mol. The molecule has 0 aromatic carbocycles. The Kier molecular flexibility index (Phi) is 3.87. The van der Waals surface area contributed by atoms with E-state index in [0.29, 0.717) is 19.7 Å². The quantitative estimate of drug-likeness (QED) is 0.771. The van der Waals surface area contributed by atoms with Crippen molar-refractivity contribution >= 4 is 0 Å². The zero-order valence-electron chi connectivity index (χ0n) is 12.6. The van der Waals surface area contributed by atoms with Gasteiger partial charge in [0.15, 0.2) is 0 Å². The molecule has 118 valence electrons. The maximum Gasteiger partial charge on any atom is 0.118 e. The summed E-state index contributed by atoms with van der Waals surface area (Å²) in [6.07, 6.45) is 5.26. The number of ether oxygens (including phenoxy) is 1. The van der Waals surface area contributed by atoms with E-state index < -0.39 is 0 Å². The number of fused-ring (bicyclic) bond motifs is 1. The minimum Gasteiger partial charge on any atom is -0.468 e. The highest BCUT2D eigenvalue weighted by molar-refractivity contribution is 5.60. The fourth-order valence-corrected chi connectivity index (χ4v) is 2.69. The number of nitrogens with zero attached hydrogens (tertiary/aromatic N) is 4. The lowest BCUT2D eigenvalue weighted by Gasteiger charge is -2.24. The lowest BCUT2D eigenvalue weighted by Crippen LogP contribution is -2.36. The van der Waals surface area contributed by atoms with Crippen LogP contribution in [0.4, 0.5) is 0 Å². The van der Waals surface area contributed by atoms with Crippen molar-refractivity contribution in [2.75, 3.05) is 6.54 Å². The van der Waals surface area contributed by atoms with E-state index in [1.807, 2.05) is 28.9 Å². The molecule has 3 aromatic heterocycles. The van der Waals surface area contributed by atoms with Gasteiger partial charge in [0.1, 0.15) is 11.5 Å². The van der Waals surface area contributed by atoms with Crippen LogP contribution >= 0.6 is 0 Å². The second-order valence-corrected chi connectivity index (χ2v) is 5.45. The second-order valence-electron chi connectivity index (χ2n) is 5.45. The molecule has 0 saturated heterocycles. The predicted octanol–water partition coefficient (Wildman–Crippen LogP) is 1.62. The molecule has 0 radical (unpaired) electrons. The van der Waals surface area contributed by atoms with Crippen molar-refractivity contribution in [1.82, 2.24) is 25.3 Å². The Morgan fingerprint density at radius 3 is 3.00 bits per heavy atom. The standard InChI is InChI=1S/C16H17N5O2/c1-2-13(22-7-1)8-18-9-14-10-21-15(11-23-14)16(19-20-21)12-3-5-17-6-4-12/h1-7,14,18H,8-11H2. The first-order chi connectivity index (χ1) is 11.4. The largest absolute Gasteiger partial charge is 0.468 e. The van der Waals surface area contributed by atoms with Gasteiger partial charge in [-0.15, -0.1) is 5.10 Å². The minimum absolute atomic E-state index is 0.0736. The first kappa shape index (κ1) is 14.1. The molecular formula is C16H17N5O2. The smallest absolute Gasteiger partial charge is 0.118 e. The Hall–Kier alpha value is -2.51. The Balaban J connectivity index is 1.39. The van der Waals surface area contributed by atoms with Gasteiger partial charge in [0.05, 0.1) is 37.8 Å². The summed E-state index contributed by atoms with van der Waals surface area (Å²) >= 11 is 0. The highest BCUT2D eigenvalue weighted by Crippen LogP contribution is 2.24. The van der Waals surface area contributed by atoms with Crippen molar-refractivity contribution in [2.45, 2.75) is 25.8 Å². The van der Waals surface area contributed by atoms with Gasteiger partial charge in [-0.1, -0.05) is 5.21 Å². The van der Waals surface area contributed by atoms with E-state index in [0.717, 1.165) is 29.3 Å². The van der Waals surface area contributed by atoms with Crippen LogP contribution in [0.3, 0.4) is 0 Å². The van der Waals surface area contributed by atoms with E-state index in [1.165, 1.54) is 0 Å². The van der Waals surface area contributed by atoms with Gasteiger partial charge >= 0.3 is 0 Å². The summed E-state index contributed by atoms with van der Waals surface area (Å²) in [4.78, 5) is 4.03. The van der Waals surface area contributed by atoms with E-state index in [9.17, 15) is 0 Å². The molecule has 0 fully saturated rings. The molecule has 0 bridgehead atoms. The van der Waals surface area contributed by atoms with Gasteiger partial charge in [-0.2, -0.15) is 0 Å². The molecule has 4 rings (SSSR count). The fraction of sp³-hybridized carbons (Fsp3) is 0.312. The molecular weight excluding hydrogens is 294 g/mol. The first-order valence-electron chi connectivity index (χ1n) is 7.57.